The van der Waals surface area contributed by atoms with Crippen molar-refractivity contribution >= 4 is 0 Å². The molecule has 0 aromatic heterocycles. The van der Waals surface area contributed by atoms with Crippen LogP contribution in [0.1, 0.15) is 20.3 Å². The zero-order chi connectivity index (χ0) is 7.35. The molecule has 0 N–H and O–H groups in total. The molecule has 0 amide bonds. The number of fused-ring (bicyclic) bond motifs is 1. The van der Waals surface area contributed by atoms with Crippen LogP contribution in [0.3, 0.4) is 0 Å². The lowest BCUT2D eigenvalue weighted by Gasteiger charge is -2.12. The maximum atomic E-state index is 4.02. The highest BCUT2D eigenvalue weighted by atomic mass is 14.6. The summed E-state index contributed by atoms with van der Waals surface area (Å²) in [5, 5.41) is 0. The fourth-order valence-corrected chi connectivity index (χ4v) is 2.16. The lowest BCUT2D eigenvalue weighted by atomic mass is 9.92. The van der Waals surface area contributed by atoms with Crippen LogP contribution in [0.5, 0.6) is 0 Å². The molecule has 2 aliphatic carbocycles. The average Bonchev–Trinajstić information content (AvgIpc) is 2.52. The zero-order valence-corrected chi connectivity index (χ0v) is 6.72. The van der Waals surface area contributed by atoms with Crippen LogP contribution in [0, 0.1) is 17.3 Å². The van der Waals surface area contributed by atoms with E-state index in [2.05, 4.69) is 32.6 Å². The first-order valence-corrected chi connectivity index (χ1v) is 4.05. The second-order valence-corrected chi connectivity index (χ2v) is 3.93. The smallest absolute Gasteiger partial charge is 0.00172 e. The molecule has 0 spiro atoms. The Morgan fingerprint density at radius 3 is 2.60 bits per heavy atom. The van der Waals surface area contributed by atoms with Crippen molar-refractivity contribution in [2.24, 2.45) is 17.3 Å². The van der Waals surface area contributed by atoms with Gasteiger partial charge in [-0.05, 0) is 23.7 Å². The third kappa shape index (κ3) is 0.524. The van der Waals surface area contributed by atoms with Crippen LogP contribution >= 0.6 is 0 Å². The first kappa shape index (κ1) is 6.21. The molecule has 2 atom stereocenters. The first-order chi connectivity index (χ1) is 4.67. The van der Waals surface area contributed by atoms with Gasteiger partial charge in [0.2, 0.25) is 0 Å². The van der Waals surface area contributed by atoms with Gasteiger partial charge in [-0.3, -0.25) is 0 Å². The fraction of sp³-hybridized carbons (Fsp3) is 0.600. The van der Waals surface area contributed by atoms with Crippen molar-refractivity contribution in [1.29, 1.82) is 0 Å². The Labute approximate surface area is 62.6 Å². The van der Waals surface area contributed by atoms with Gasteiger partial charge < -0.3 is 0 Å². The van der Waals surface area contributed by atoms with Crippen LogP contribution in [0.25, 0.3) is 0 Å². The Bertz CT molecular complexity index is 210. The molecule has 2 rings (SSSR count). The largest absolute Gasteiger partial charge is 0.0955 e. The molecule has 0 nitrogen and oxygen atoms in total. The van der Waals surface area contributed by atoms with Gasteiger partial charge in [-0.15, -0.1) is 0 Å². The molecule has 2 aliphatic rings. The Morgan fingerprint density at radius 2 is 2.40 bits per heavy atom. The lowest BCUT2D eigenvalue weighted by molar-refractivity contribution is 0.432. The van der Waals surface area contributed by atoms with Crippen molar-refractivity contribution in [3.8, 4) is 0 Å². The second kappa shape index (κ2) is 1.55. The van der Waals surface area contributed by atoms with Crippen LogP contribution in [-0.4, -0.2) is 0 Å². The van der Waals surface area contributed by atoms with Gasteiger partial charge in [0, 0.05) is 0 Å². The van der Waals surface area contributed by atoms with Crippen molar-refractivity contribution in [2.45, 2.75) is 20.3 Å². The highest BCUT2D eigenvalue weighted by Gasteiger charge is 2.57. The maximum absolute atomic E-state index is 4.02. The van der Waals surface area contributed by atoms with Gasteiger partial charge in [-0.25, -0.2) is 0 Å². The van der Waals surface area contributed by atoms with Gasteiger partial charge in [0.1, 0.15) is 0 Å². The first-order valence-electron chi connectivity index (χ1n) is 4.05. The average molecular weight is 134 g/mol. The van der Waals surface area contributed by atoms with Crippen LogP contribution in [0.4, 0.5) is 0 Å². The minimum atomic E-state index is 0.553. The van der Waals surface area contributed by atoms with E-state index in [4.69, 9.17) is 0 Å². The summed E-state index contributed by atoms with van der Waals surface area (Å²) in [6.45, 7) is 8.63. The third-order valence-electron chi connectivity index (χ3n) is 3.18. The van der Waals surface area contributed by atoms with Crippen molar-refractivity contribution in [1.82, 2.24) is 0 Å². The van der Waals surface area contributed by atoms with Crippen molar-refractivity contribution in [3.05, 3.63) is 24.3 Å². The highest BCUT2D eigenvalue weighted by molar-refractivity contribution is 5.41. The summed E-state index contributed by atoms with van der Waals surface area (Å²) in [5.74, 6) is 1.61. The molecule has 2 unspecified atom stereocenters. The topological polar surface area (TPSA) is 0 Å². The summed E-state index contributed by atoms with van der Waals surface area (Å²) >= 11 is 0. The Hall–Kier alpha value is -0.520. The summed E-state index contributed by atoms with van der Waals surface area (Å²) in [7, 11) is 0. The van der Waals surface area contributed by atoms with E-state index in [0.717, 1.165) is 11.8 Å². The quantitative estimate of drug-likeness (QED) is 0.517. The number of hydrogen-bond acceptors (Lipinski definition) is 0. The lowest BCUT2D eigenvalue weighted by Crippen LogP contribution is -2.05. The van der Waals surface area contributed by atoms with Crippen molar-refractivity contribution < 1.29 is 0 Å². The van der Waals surface area contributed by atoms with E-state index in [1.54, 1.807) is 0 Å². The summed E-state index contributed by atoms with van der Waals surface area (Å²) in [6.07, 6.45) is 5.93. The standard InChI is InChI=1S/C10H14/c1-7(2)10-5-4-8(3)9(10)6-10/h4-5,7,9H,3,6H2,1-2H3. The summed E-state index contributed by atoms with van der Waals surface area (Å²) in [4.78, 5) is 0. The highest BCUT2D eigenvalue weighted by Crippen LogP contribution is 2.65. The van der Waals surface area contributed by atoms with E-state index in [-0.39, 0.29) is 0 Å². The third-order valence-corrected chi connectivity index (χ3v) is 3.18. The molecule has 10 heavy (non-hydrogen) atoms. The predicted octanol–water partition coefficient (Wildman–Crippen LogP) is 2.77. The van der Waals surface area contributed by atoms with Crippen LogP contribution in [0.2, 0.25) is 0 Å². The van der Waals surface area contributed by atoms with E-state index in [9.17, 15) is 0 Å². The Balaban J connectivity index is 2.27. The second-order valence-electron chi connectivity index (χ2n) is 3.93. The summed E-state index contributed by atoms with van der Waals surface area (Å²) < 4.78 is 0. The monoisotopic (exact) mass is 134 g/mol. The minimum absolute atomic E-state index is 0.553. The molecule has 0 saturated heterocycles. The normalized spacial score (nSPS) is 42.7. The number of rotatable bonds is 1. The van der Waals surface area contributed by atoms with E-state index in [1.165, 1.54) is 12.0 Å². The SMILES string of the molecule is C=C1C=CC2(C(C)C)CC12. The van der Waals surface area contributed by atoms with E-state index < -0.39 is 0 Å². The van der Waals surface area contributed by atoms with Gasteiger partial charge in [-0.2, -0.15) is 0 Å². The van der Waals surface area contributed by atoms with Crippen LogP contribution in [0.15, 0.2) is 24.3 Å². The Morgan fingerprint density at radius 1 is 1.70 bits per heavy atom. The minimum Gasteiger partial charge on any atom is -0.0955 e. The van der Waals surface area contributed by atoms with E-state index in [0.29, 0.717) is 5.41 Å². The van der Waals surface area contributed by atoms with E-state index >= 15 is 0 Å². The molecule has 0 aromatic rings. The molecule has 0 bridgehead atoms. The van der Waals surface area contributed by atoms with Gasteiger partial charge in [0.05, 0.1) is 0 Å². The maximum Gasteiger partial charge on any atom is -0.00172 e. The predicted molar refractivity (Wildman–Crippen MR) is 43.7 cm³/mol. The van der Waals surface area contributed by atoms with Crippen molar-refractivity contribution in [3.63, 3.8) is 0 Å². The van der Waals surface area contributed by atoms with Gasteiger partial charge in [-0.1, -0.05) is 38.2 Å². The molecular weight excluding hydrogens is 120 g/mol. The molecular formula is C10H14. The van der Waals surface area contributed by atoms with E-state index in [1.807, 2.05) is 0 Å². The summed E-state index contributed by atoms with van der Waals surface area (Å²) in [5.41, 5.74) is 1.91. The molecule has 1 saturated carbocycles. The summed E-state index contributed by atoms with van der Waals surface area (Å²) in [6, 6.07) is 0. The zero-order valence-electron chi connectivity index (χ0n) is 6.72. The van der Waals surface area contributed by atoms with Crippen LogP contribution in [-0.2, 0) is 0 Å². The number of allylic oxidation sites excluding steroid dienone is 3. The molecule has 0 aromatic carbocycles. The van der Waals surface area contributed by atoms with Crippen LogP contribution < -0.4 is 0 Å². The molecule has 54 valence electrons. The number of hydrogen-bond donors (Lipinski definition) is 0. The van der Waals surface area contributed by atoms with Gasteiger partial charge in [0.25, 0.3) is 0 Å². The van der Waals surface area contributed by atoms with Crippen molar-refractivity contribution in [2.75, 3.05) is 0 Å². The molecule has 0 aliphatic heterocycles. The Kier molecular flexibility index (Phi) is 0.964. The molecule has 0 heteroatoms. The molecule has 0 radical (unpaired) electrons. The van der Waals surface area contributed by atoms with Gasteiger partial charge in [0.15, 0.2) is 0 Å². The molecule has 0 heterocycles. The molecule has 1 fully saturated rings. The fourth-order valence-electron chi connectivity index (χ4n) is 2.16. The van der Waals surface area contributed by atoms with Gasteiger partial charge >= 0.3 is 0 Å².